The van der Waals surface area contributed by atoms with E-state index in [4.69, 9.17) is 5.26 Å². The normalized spacial score (nSPS) is 10.8. The van der Waals surface area contributed by atoms with E-state index in [2.05, 4.69) is 37.9 Å². The third-order valence-corrected chi connectivity index (χ3v) is 4.36. The van der Waals surface area contributed by atoms with Gasteiger partial charge in [0.1, 0.15) is 23.8 Å². The Morgan fingerprint density at radius 3 is 2.93 bits per heavy atom. The number of hydrogen-bond acceptors (Lipinski definition) is 6. The molecule has 0 aromatic carbocycles. The van der Waals surface area contributed by atoms with Crippen molar-refractivity contribution < 1.29 is 0 Å². The van der Waals surface area contributed by atoms with Crippen molar-refractivity contribution in [3.05, 3.63) is 66.3 Å². The predicted octanol–water partition coefficient (Wildman–Crippen LogP) is 3.16. The molecule has 0 saturated carbocycles. The summed E-state index contributed by atoms with van der Waals surface area (Å²) < 4.78 is 2.00. The second kappa shape index (κ2) is 7.30. The molecule has 0 fully saturated rings. The Bertz CT molecular complexity index is 1140. The zero-order valence-electron chi connectivity index (χ0n) is 14.9. The fourth-order valence-corrected chi connectivity index (χ4v) is 3.15. The molecule has 0 unspecified atom stereocenters. The molecule has 0 aliphatic rings. The summed E-state index contributed by atoms with van der Waals surface area (Å²) in [5.74, 6) is 0.708. The predicted molar refractivity (Wildman–Crippen MR) is 101 cm³/mol. The van der Waals surface area contributed by atoms with Gasteiger partial charge in [-0.15, -0.1) is 0 Å². The van der Waals surface area contributed by atoms with Crippen molar-refractivity contribution in [2.75, 3.05) is 0 Å². The Balaban J connectivity index is 1.77. The molecule has 7 heteroatoms. The molecular formula is C20H17N7. The Kier molecular flexibility index (Phi) is 4.54. The highest BCUT2D eigenvalue weighted by Gasteiger charge is 2.14. The summed E-state index contributed by atoms with van der Waals surface area (Å²) in [4.78, 5) is 22.0. The van der Waals surface area contributed by atoms with Gasteiger partial charge in [-0.3, -0.25) is 4.98 Å². The number of pyridine rings is 2. The second-order valence-electron chi connectivity index (χ2n) is 6.16. The van der Waals surface area contributed by atoms with Crippen molar-refractivity contribution in [1.29, 1.82) is 5.26 Å². The van der Waals surface area contributed by atoms with Crippen LogP contribution in [0.4, 0.5) is 0 Å². The quantitative estimate of drug-likeness (QED) is 0.546. The van der Waals surface area contributed by atoms with E-state index in [-0.39, 0.29) is 0 Å². The lowest BCUT2D eigenvalue weighted by Crippen LogP contribution is -2.08. The van der Waals surface area contributed by atoms with Crippen molar-refractivity contribution in [3.8, 4) is 17.6 Å². The van der Waals surface area contributed by atoms with Gasteiger partial charge in [-0.25, -0.2) is 19.9 Å². The maximum atomic E-state index is 9.10. The lowest BCUT2D eigenvalue weighted by molar-refractivity contribution is 0.759. The van der Waals surface area contributed by atoms with Crippen molar-refractivity contribution in [3.63, 3.8) is 0 Å². The number of fused-ring (bicyclic) bond motifs is 1. The molecule has 0 spiro atoms. The molecule has 0 atom stereocenters. The molecule has 132 valence electrons. The van der Waals surface area contributed by atoms with Crippen LogP contribution in [0.5, 0.6) is 0 Å². The molecule has 0 bridgehead atoms. The molecule has 4 aromatic heterocycles. The highest BCUT2D eigenvalue weighted by Crippen LogP contribution is 2.22. The van der Waals surface area contributed by atoms with Crippen LogP contribution in [0.2, 0.25) is 0 Å². The maximum Gasteiger partial charge on any atom is 0.159 e. The largest absolute Gasteiger partial charge is 0.324 e. The van der Waals surface area contributed by atoms with Crippen LogP contribution in [0.1, 0.15) is 30.3 Å². The lowest BCUT2D eigenvalue weighted by atomic mass is 10.1. The van der Waals surface area contributed by atoms with Gasteiger partial charge in [0.05, 0.1) is 17.8 Å². The summed E-state index contributed by atoms with van der Waals surface area (Å²) in [5.41, 5.74) is 4.08. The molecule has 7 nitrogen and oxygen atoms in total. The summed E-state index contributed by atoms with van der Waals surface area (Å²) in [6, 6.07) is 7.42. The molecule has 0 amide bonds. The summed E-state index contributed by atoms with van der Waals surface area (Å²) in [6.45, 7) is 2.70. The third-order valence-electron chi connectivity index (χ3n) is 4.36. The van der Waals surface area contributed by atoms with E-state index >= 15 is 0 Å². The highest BCUT2D eigenvalue weighted by atomic mass is 15.1. The first-order valence-corrected chi connectivity index (χ1v) is 8.75. The van der Waals surface area contributed by atoms with Crippen LogP contribution in [0.25, 0.3) is 22.4 Å². The molecular weight excluding hydrogens is 338 g/mol. The summed E-state index contributed by atoms with van der Waals surface area (Å²) >= 11 is 0. The number of nitrogens with zero attached hydrogens (tertiary/aromatic N) is 7. The van der Waals surface area contributed by atoms with Crippen molar-refractivity contribution in [2.45, 2.75) is 26.3 Å². The van der Waals surface area contributed by atoms with Gasteiger partial charge in [0, 0.05) is 35.7 Å². The van der Waals surface area contributed by atoms with Crippen LogP contribution in [0.15, 0.2) is 49.3 Å². The van der Waals surface area contributed by atoms with Crippen LogP contribution in [-0.2, 0) is 13.0 Å². The monoisotopic (exact) mass is 355 g/mol. The van der Waals surface area contributed by atoms with E-state index in [1.54, 1.807) is 24.8 Å². The zero-order valence-corrected chi connectivity index (χ0v) is 14.9. The van der Waals surface area contributed by atoms with Crippen LogP contribution in [0.3, 0.4) is 0 Å². The Morgan fingerprint density at radius 1 is 1.15 bits per heavy atom. The smallest absolute Gasteiger partial charge is 0.159 e. The SMILES string of the molecule is CCCc1c(Cn2ccnc2-c2cccc(C#N)n2)ncc2cncnc12. The van der Waals surface area contributed by atoms with Crippen LogP contribution >= 0.6 is 0 Å². The van der Waals surface area contributed by atoms with Gasteiger partial charge in [-0.05, 0) is 18.6 Å². The number of rotatable bonds is 5. The van der Waals surface area contributed by atoms with E-state index < -0.39 is 0 Å². The highest BCUT2D eigenvalue weighted by molar-refractivity contribution is 5.80. The van der Waals surface area contributed by atoms with Crippen molar-refractivity contribution >= 4 is 10.9 Å². The first-order valence-electron chi connectivity index (χ1n) is 8.75. The number of nitriles is 1. The first-order chi connectivity index (χ1) is 13.3. The molecule has 4 rings (SSSR count). The van der Waals surface area contributed by atoms with Crippen LogP contribution in [-0.4, -0.2) is 29.5 Å². The number of aromatic nitrogens is 6. The minimum atomic E-state index is 0.370. The molecule has 4 aromatic rings. The van der Waals surface area contributed by atoms with Crippen molar-refractivity contribution in [1.82, 2.24) is 29.5 Å². The second-order valence-corrected chi connectivity index (χ2v) is 6.16. The van der Waals surface area contributed by atoms with Gasteiger partial charge >= 0.3 is 0 Å². The van der Waals surface area contributed by atoms with E-state index in [1.165, 1.54) is 0 Å². The summed E-state index contributed by atoms with van der Waals surface area (Å²) in [5, 5.41) is 10.0. The van der Waals surface area contributed by atoms with E-state index in [0.717, 1.165) is 35.0 Å². The number of aryl methyl sites for hydroxylation is 1. The summed E-state index contributed by atoms with van der Waals surface area (Å²) in [6.07, 6.45) is 10.7. The Hall–Kier alpha value is -3.66. The number of imidazole rings is 1. The minimum absolute atomic E-state index is 0.370. The fourth-order valence-electron chi connectivity index (χ4n) is 3.15. The lowest BCUT2D eigenvalue weighted by Gasteiger charge is -2.13. The molecule has 0 aliphatic heterocycles. The van der Waals surface area contributed by atoms with Gasteiger partial charge < -0.3 is 4.57 Å². The van der Waals surface area contributed by atoms with E-state index in [1.807, 2.05) is 29.1 Å². The van der Waals surface area contributed by atoms with Gasteiger partial charge in [0.2, 0.25) is 0 Å². The number of hydrogen-bond donors (Lipinski definition) is 0. The standard InChI is InChI=1S/C20H17N7/c1-2-4-16-18(24-11-14-10-22-13-25-19(14)16)12-27-8-7-23-20(27)17-6-3-5-15(9-21)26-17/h3,5-8,10-11,13H,2,4,12H2,1H3. The molecule has 0 N–H and O–H groups in total. The fraction of sp³-hybridized carbons (Fsp3) is 0.200. The summed E-state index contributed by atoms with van der Waals surface area (Å²) in [7, 11) is 0. The topological polar surface area (TPSA) is 93.2 Å². The van der Waals surface area contributed by atoms with E-state index in [9.17, 15) is 0 Å². The molecule has 0 aliphatic carbocycles. The molecule has 4 heterocycles. The van der Waals surface area contributed by atoms with Gasteiger partial charge in [-0.2, -0.15) is 5.26 Å². The van der Waals surface area contributed by atoms with Crippen molar-refractivity contribution in [2.24, 2.45) is 0 Å². The maximum absolute atomic E-state index is 9.10. The van der Waals surface area contributed by atoms with Gasteiger partial charge in [0.25, 0.3) is 0 Å². The minimum Gasteiger partial charge on any atom is -0.324 e. The van der Waals surface area contributed by atoms with Gasteiger partial charge in [-0.1, -0.05) is 19.4 Å². The zero-order chi connectivity index (χ0) is 18.6. The molecule has 27 heavy (non-hydrogen) atoms. The Morgan fingerprint density at radius 2 is 2.07 bits per heavy atom. The molecule has 0 saturated heterocycles. The van der Waals surface area contributed by atoms with Crippen LogP contribution in [0, 0.1) is 11.3 Å². The molecule has 0 radical (unpaired) electrons. The average Bonchev–Trinajstić information content (AvgIpc) is 3.18. The van der Waals surface area contributed by atoms with E-state index in [0.29, 0.717) is 23.8 Å². The van der Waals surface area contributed by atoms with Crippen LogP contribution < -0.4 is 0 Å². The average molecular weight is 355 g/mol. The Labute approximate surface area is 156 Å². The van der Waals surface area contributed by atoms with Gasteiger partial charge in [0.15, 0.2) is 5.82 Å². The first kappa shape index (κ1) is 16.8. The third kappa shape index (κ3) is 3.25.